The van der Waals surface area contributed by atoms with E-state index in [1.165, 1.54) is 6.33 Å². The van der Waals surface area contributed by atoms with Crippen molar-refractivity contribution in [3.05, 3.63) is 104 Å². The Morgan fingerprint density at radius 2 is 1.55 bits per heavy atom. The maximum atomic E-state index is 5.70. The molecule has 0 atom stereocenters. The first-order valence-electron chi connectivity index (χ1n) is 9.02. The molecule has 6 heteroatoms. The SMILES string of the molecule is c1ccccoc2ccc3ncnc(nc4ccccc4c[nH]occc1)c3c2. The van der Waals surface area contributed by atoms with Crippen LogP contribution in [0.5, 0.6) is 0 Å². The summed E-state index contributed by atoms with van der Waals surface area (Å²) in [7, 11) is 0. The maximum Gasteiger partial charge on any atom is 0.163 e. The lowest BCUT2D eigenvalue weighted by Crippen LogP contribution is -1.86. The molecule has 0 aliphatic heterocycles. The maximum absolute atomic E-state index is 5.70. The largest absolute Gasteiger partial charge is 0.465 e. The quantitative estimate of drug-likeness (QED) is 0.417. The third-order valence-corrected chi connectivity index (χ3v) is 4.02. The van der Waals surface area contributed by atoms with E-state index in [9.17, 15) is 0 Å². The Morgan fingerprint density at radius 1 is 0.724 bits per heavy atom. The fourth-order valence-electron chi connectivity index (χ4n) is 2.65. The molecule has 0 amide bonds. The molecule has 2 aromatic heterocycles. The van der Waals surface area contributed by atoms with E-state index in [-0.39, 0.29) is 0 Å². The molecule has 2 aromatic carbocycles. The van der Waals surface area contributed by atoms with E-state index in [0.717, 1.165) is 21.8 Å². The smallest absolute Gasteiger partial charge is 0.163 e. The number of aromatic amines is 1. The summed E-state index contributed by atoms with van der Waals surface area (Å²) in [6, 6.07) is 24.4. The van der Waals surface area contributed by atoms with Crippen molar-refractivity contribution in [3.63, 3.8) is 0 Å². The Hall–Kier alpha value is -4.19. The number of hydrogen-bond donors (Lipinski definition) is 1. The molecule has 0 saturated carbocycles. The molecule has 0 spiro atoms. The molecule has 1 N–H and O–H groups in total. The normalized spacial score (nSPS) is 10.1. The van der Waals surface area contributed by atoms with Crippen LogP contribution < -0.4 is 0 Å². The van der Waals surface area contributed by atoms with Crippen molar-refractivity contribution in [2.24, 2.45) is 0 Å². The standard InChI is InChI=1S/C23H18N4O2/c1-2-4-8-14-29-26-16-18-9-5-6-10-21(18)27-23-20-15-19(28-13-7-3-1)11-12-22(20)24-17-25-23/h1-17,26H. The highest BCUT2D eigenvalue weighted by atomic mass is 16.4. The minimum absolute atomic E-state index is 0.563. The second-order valence-corrected chi connectivity index (χ2v) is 5.97. The van der Waals surface area contributed by atoms with Gasteiger partial charge in [-0.15, -0.1) is 0 Å². The fraction of sp³-hybridized carbons (Fsp3) is 0. The van der Waals surface area contributed by atoms with Crippen molar-refractivity contribution in [3.8, 4) is 0 Å². The zero-order valence-corrected chi connectivity index (χ0v) is 15.5. The highest BCUT2D eigenvalue weighted by molar-refractivity contribution is 5.94. The third kappa shape index (κ3) is 4.75. The van der Waals surface area contributed by atoms with Gasteiger partial charge in [0.15, 0.2) is 5.65 Å². The van der Waals surface area contributed by atoms with Gasteiger partial charge in [-0.25, -0.2) is 20.1 Å². The van der Waals surface area contributed by atoms with Gasteiger partial charge in [-0.2, -0.15) is 0 Å². The third-order valence-electron chi connectivity index (χ3n) is 4.02. The van der Waals surface area contributed by atoms with Crippen LogP contribution in [-0.4, -0.2) is 20.1 Å². The van der Waals surface area contributed by atoms with Gasteiger partial charge in [-0.05, 0) is 36.4 Å². The van der Waals surface area contributed by atoms with Gasteiger partial charge >= 0.3 is 0 Å². The van der Waals surface area contributed by atoms with Gasteiger partial charge in [0.1, 0.15) is 18.2 Å². The molecule has 0 aliphatic rings. The van der Waals surface area contributed by atoms with Crippen LogP contribution in [0.3, 0.4) is 0 Å². The molecule has 29 heavy (non-hydrogen) atoms. The van der Waals surface area contributed by atoms with Crippen LogP contribution in [0.2, 0.25) is 0 Å². The van der Waals surface area contributed by atoms with E-state index in [2.05, 4.69) is 15.1 Å². The van der Waals surface area contributed by atoms with Gasteiger partial charge in [0, 0.05) is 17.0 Å². The predicted octanol–water partition coefficient (Wildman–Crippen LogP) is 5.78. The first-order chi connectivity index (χ1) is 14.4. The second kappa shape index (κ2) is 9.14. The molecule has 142 valence electrons. The first kappa shape index (κ1) is 18.2. The molecule has 0 saturated heterocycles. The van der Waals surface area contributed by atoms with E-state index in [0.29, 0.717) is 11.2 Å². The summed E-state index contributed by atoms with van der Waals surface area (Å²) >= 11 is 0. The van der Waals surface area contributed by atoms with Crippen molar-refractivity contribution in [2.45, 2.75) is 0 Å². The number of para-hydroxylation sites is 1. The first-order valence-corrected chi connectivity index (χ1v) is 9.02. The average Bonchev–Trinajstić information content (AvgIpc) is 2.75. The van der Waals surface area contributed by atoms with E-state index in [1.807, 2.05) is 72.8 Å². The molecular weight excluding hydrogens is 364 g/mol. The number of hydrogen-bond acceptors (Lipinski definition) is 5. The monoisotopic (exact) mass is 382 g/mol. The van der Waals surface area contributed by atoms with Crippen LogP contribution in [0.25, 0.3) is 33.0 Å². The highest BCUT2D eigenvalue weighted by Gasteiger charge is 2.00. The summed E-state index contributed by atoms with van der Waals surface area (Å²) in [6.45, 7) is 0. The van der Waals surface area contributed by atoms with Crippen molar-refractivity contribution >= 4 is 33.0 Å². The second-order valence-electron chi connectivity index (χ2n) is 5.97. The fourth-order valence-corrected chi connectivity index (χ4v) is 2.65. The van der Waals surface area contributed by atoms with Gasteiger partial charge in [0.05, 0.1) is 17.3 Å². The van der Waals surface area contributed by atoms with Crippen LogP contribution in [-0.2, 0) is 0 Å². The van der Waals surface area contributed by atoms with Crippen LogP contribution in [0, 0.1) is 0 Å². The molecule has 2 heterocycles. The van der Waals surface area contributed by atoms with Gasteiger partial charge in [-0.1, -0.05) is 42.5 Å². The summed E-state index contributed by atoms with van der Waals surface area (Å²) < 4.78 is 11.0. The topological polar surface area (TPSA) is 80.7 Å². The van der Waals surface area contributed by atoms with Crippen molar-refractivity contribution in [2.75, 3.05) is 0 Å². The summed E-state index contributed by atoms with van der Waals surface area (Å²) in [5.74, 6) is 0. The number of H-pyrrole nitrogens is 1. The Labute approximate surface area is 166 Å². The van der Waals surface area contributed by atoms with E-state index >= 15 is 0 Å². The number of nitrogens with one attached hydrogen (secondary N) is 1. The van der Waals surface area contributed by atoms with Gasteiger partial charge in [0.25, 0.3) is 0 Å². The zero-order valence-electron chi connectivity index (χ0n) is 15.5. The summed E-state index contributed by atoms with van der Waals surface area (Å²) in [5.41, 5.74) is 2.78. The predicted molar refractivity (Wildman–Crippen MR) is 113 cm³/mol. The number of aromatic nitrogens is 4. The lowest BCUT2D eigenvalue weighted by atomic mass is 10.2. The molecule has 4 rings (SSSR count). The van der Waals surface area contributed by atoms with Crippen LogP contribution in [0.15, 0.2) is 113 Å². The minimum atomic E-state index is 0.563. The van der Waals surface area contributed by atoms with Crippen LogP contribution in [0.4, 0.5) is 0 Å². The molecule has 0 aliphatic carbocycles. The number of benzene rings is 2. The zero-order chi connectivity index (χ0) is 19.7. The summed E-state index contributed by atoms with van der Waals surface area (Å²) in [4.78, 5) is 13.4. The molecular formula is C23H18N4O2. The Bertz CT molecular complexity index is 1330. The number of nitrogens with zero attached hydrogens (tertiary/aromatic N) is 3. The van der Waals surface area contributed by atoms with Crippen molar-refractivity contribution in [1.82, 2.24) is 20.1 Å². The van der Waals surface area contributed by atoms with Gasteiger partial charge in [0.2, 0.25) is 0 Å². The van der Waals surface area contributed by atoms with Gasteiger partial charge in [-0.3, -0.25) is 0 Å². The Balaban J connectivity index is 2.06. The molecule has 0 radical (unpaired) electrons. The number of fused-ring (bicyclic) bond motifs is 2. The molecule has 0 fully saturated rings. The van der Waals surface area contributed by atoms with Crippen LogP contribution in [0.1, 0.15) is 0 Å². The van der Waals surface area contributed by atoms with E-state index in [1.54, 1.807) is 24.8 Å². The molecule has 2 bridgehead atoms. The summed E-state index contributed by atoms with van der Waals surface area (Å²) in [6.07, 6.45) is 6.41. The van der Waals surface area contributed by atoms with E-state index < -0.39 is 0 Å². The lowest BCUT2D eigenvalue weighted by Gasteiger charge is -1.98. The average molecular weight is 382 g/mol. The molecule has 0 unspecified atom stereocenters. The van der Waals surface area contributed by atoms with Crippen LogP contribution >= 0.6 is 0 Å². The number of rotatable bonds is 0. The summed E-state index contributed by atoms with van der Waals surface area (Å²) in [5, 5.41) is 4.46. The Kier molecular flexibility index (Phi) is 5.73. The lowest BCUT2D eigenvalue weighted by molar-refractivity contribution is 0.405. The molecule has 4 aromatic rings. The van der Waals surface area contributed by atoms with Crippen molar-refractivity contribution < 1.29 is 8.94 Å². The Morgan fingerprint density at radius 3 is 2.48 bits per heavy atom. The molecule has 6 nitrogen and oxygen atoms in total. The minimum Gasteiger partial charge on any atom is -0.465 e. The van der Waals surface area contributed by atoms with E-state index in [4.69, 9.17) is 13.9 Å². The van der Waals surface area contributed by atoms with Crippen molar-refractivity contribution in [1.29, 1.82) is 0 Å². The van der Waals surface area contributed by atoms with Gasteiger partial charge < -0.3 is 8.94 Å². The highest BCUT2D eigenvalue weighted by Crippen LogP contribution is 2.17.